The van der Waals surface area contributed by atoms with Crippen molar-refractivity contribution < 1.29 is 30.2 Å². The van der Waals surface area contributed by atoms with Gasteiger partial charge in [0.1, 0.15) is 11.6 Å². The molecule has 28 heavy (non-hydrogen) atoms. The van der Waals surface area contributed by atoms with Gasteiger partial charge >= 0.3 is 15.6 Å². The van der Waals surface area contributed by atoms with Gasteiger partial charge in [-0.3, -0.25) is 4.90 Å². The van der Waals surface area contributed by atoms with Gasteiger partial charge in [-0.2, -0.15) is 21.6 Å². The van der Waals surface area contributed by atoms with E-state index < -0.39 is 32.6 Å². The summed E-state index contributed by atoms with van der Waals surface area (Å²) >= 11 is 5.95. The second-order valence-electron chi connectivity index (χ2n) is 6.97. The number of benzene rings is 2. The van der Waals surface area contributed by atoms with Crippen LogP contribution in [0.1, 0.15) is 23.1 Å². The molecule has 0 spiro atoms. The first-order valence-electron chi connectivity index (χ1n) is 8.34. The number of hydrogen-bond donors (Lipinski definition) is 0. The third-order valence-electron chi connectivity index (χ3n) is 5.30. The van der Waals surface area contributed by atoms with Gasteiger partial charge in [0.15, 0.2) is 0 Å². The van der Waals surface area contributed by atoms with E-state index in [4.69, 9.17) is 11.6 Å². The van der Waals surface area contributed by atoms with E-state index in [2.05, 4.69) is 9.08 Å². The normalized spacial score (nSPS) is 24.1. The van der Waals surface area contributed by atoms with Crippen LogP contribution >= 0.6 is 11.6 Å². The number of fused-ring (bicyclic) bond motifs is 4. The maximum atomic E-state index is 13.6. The van der Waals surface area contributed by atoms with Gasteiger partial charge in [-0.15, -0.1) is 0 Å². The molecule has 4 rings (SSSR count). The third kappa shape index (κ3) is 3.05. The molecule has 0 amide bonds. The molecule has 150 valence electrons. The van der Waals surface area contributed by atoms with Crippen LogP contribution in [0.25, 0.3) is 0 Å². The second kappa shape index (κ2) is 6.33. The Labute approximate surface area is 163 Å². The van der Waals surface area contributed by atoms with Crippen molar-refractivity contribution in [2.24, 2.45) is 0 Å². The van der Waals surface area contributed by atoms with Gasteiger partial charge in [-0.05, 0) is 53.9 Å². The van der Waals surface area contributed by atoms with Crippen molar-refractivity contribution in [3.63, 3.8) is 0 Å². The van der Waals surface area contributed by atoms with Crippen molar-refractivity contribution in [1.29, 1.82) is 0 Å². The molecule has 2 aliphatic heterocycles. The van der Waals surface area contributed by atoms with Crippen LogP contribution in [0, 0.1) is 5.82 Å². The average Bonchev–Trinajstić information content (AvgIpc) is 2.95. The summed E-state index contributed by atoms with van der Waals surface area (Å²) in [4.78, 5) is 2.10. The Hall–Kier alpha value is -1.84. The standard InChI is InChI=1S/C18H14ClF4NO3S/c19-15-8-12(1-4-16(15)20)17-5-6-24(10-17)9-11-7-13(2-3-14(11)17)27-28(25,26)18(21,22)23/h1-4,7-8H,5-6,9-10H2. The Morgan fingerprint density at radius 3 is 2.57 bits per heavy atom. The van der Waals surface area contributed by atoms with E-state index in [0.717, 1.165) is 24.1 Å². The highest BCUT2D eigenvalue weighted by Crippen LogP contribution is 2.47. The molecule has 0 aromatic heterocycles. The molecule has 1 fully saturated rings. The minimum atomic E-state index is -5.74. The minimum Gasteiger partial charge on any atom is -0.376 e. The lowest BCUT2D eigenvalue weighted by atomic mass is 9.71. The Balaban J connectivity index is 1.77. The molecule has 2 atom stereocenters. The lowest BCUT2D eigenvalue weighted by Gasteiger charge is -2.37. The van der Waals surface area contributed by atoms with Crippen LogP contribution in [0.4, 0.5) is 17.6 Å². The van der Waals surface area contributed by atoms with Gasteiger partial charge in [0.2, 0.25) is 0 Å². The van der Waals surface area contributed by atoms with Crippen molar-refractivity contribution in [2.75, 3.05) is 13.1 Å². The summed E-state index contributed by atoms with van der Waals surface area (Å²) in [5, 5.41) is -0.00586. The van der Waals surface area contributed by atoms with Gasteiger partial charge < -0.3 is 4.18 Å². The third-order valence-corrected chi connectivity index (χ3v) is 6.56. The molecule has 2 aromatic rings. The van der Waals surface area contributed by atoms with Gasteiger partial charge in [-0.25, -0.2) is 4.39 Å². The number of halogens is 5. The average molecular weight is 436 g/mol. The van der Waals surface area contributed by atoms with Crippen LogP contribution in [-0.2, 0) is 22.1 Å². The quantitative estimate of drug-likeness (QED) is 0.411. The Bertz CT molecular complexity index is 1060. The van der Waals surface area contributed by atoms with Gasteiger partial charge in [0.25, 0.3) is 0 Å². The first-order valence-corrected chi connectivity index (χ1v) is 10.1. The van der Waals surface area contributed by atoms with E-state index in [1.54, 1.807) is 18.2 Å². The topological polar surface area (TPSA) is 46.6 Å². The van der Waals surface area contributed by atoms with Crippen molar-refractivity contribution in [2.45, 2.75) is 23.9 Å². The van der Waals surface area contributed by atoms with Crippen molar-refractivity contribution in [1.82, 2.24) is 4.90 Å². The molecule has 2 bridgehead atoms. The SMILES string of the molecule is O=S(=O)(Oc1ccc2c(c1)CN1CCC2(c2ccc(F)c(Cl)c2)C1)C(F)(F)F. The van der Waals surface area contributed by atoms with Crippen LogP contribution in [0.15, 0.2) is 36.4 Å². The molecule has 1 saturated heterocycles. The fraction of sp³-hybridized carbons (Fsp3) is 0.333. The van der Waals surface area contributed by atoms with E-state index in [0.29, 0.717) is 18.7 Å². The first-order chi connectivity index (χ1) is 13.0. The number of rotatable bonds is 3. The zero-order chi connectivity index (χ0) is 20.3. The summed E-state index contributed by atoms with van der Waals surface area (Å²) in [5.74, 6) is -0.931. The minimum absolute atomic E-state index is 0.00586. The Kier molecular flexibility index (Phi) is 4.40. The van der Waals surface area contributed by atoms with Crippen LogP contribution in [0.5, 0.6) is 5.75 Å². The van der Waals surface area contributed by atoms with E-state index in [1.165, 1.54) is 18.2 Å². The van der Waals surface area contributed by atoms with Crippen molar-refractivity contribution in [3.05, 3.63) is 63.9 Å². The molecular weight excluding hydrogens is 422 g/mol. The lowest BCUT2D eigenvalue weighted by Crippen LogP contribution is -2.37. The monoisotopic (exact) mass is 435 g/mol. The largest absolute Gasteiger partial charge is 0.534 e. The summed E-state index contributed by atoms with van der Waals surface area (Å²) in [6.45, 7) is 1.85. The lowest BCUT2D eigenvalue weighted by molar-refractivity contribution is -0.0500. The van der Waals surface area contributed by atoms with E-state index >= 15 is 0 Å². The summed E-state index contributed by atoms with van der Waals surface area (Å²) in [6, 6.07) is 8.61. The van der Waals surface area contributed by atoms with Crippen molar-refractivity contribution in [3.8, 4) is 5.75 Å². The molecule has 0 saturated carbocycles. The van der Waals surface area contributed by atoms with E-state index in [1.807, 2.05) is 0 Å². The fourth-order valence-corrected chi connectivity index (χ4v) is 4.70. The number of alkyl halides is 3. The summed E-state index contributed by atoms with van der Waals surface area (Å²) in [6.07, 6.45) is 0.725. The van der Waals surface area contributed by atoms with Gasteiger partial charge in [0, 0.05) is 18.5 Å². The molecule has 0 aliphatic carbocycles. The van der Waals surface area contributed by atoms with Gasteiger partial charge in [-0.1, -0.05) is 23.7 Å². The molecular formula is C18H14ClF4NO3S. The summed E-state index contributed by atoms with van der Waals surface area (Å²) in [5.41, 5.74) is -3.68. The summed E-state index contributed by atoms with van der Waals surface area (Å²) < 4.78 is 78.2. The van der Waals surface area contributed by atoms with Crippen molar-refractivity contribution >= 4 is 21.7 Å². The molecule has 10 heteroatoms. The predicted molar refractivity (Wildman–Crippen MR) is 94.1 cm³/mol. The molecule has 2 heterocycles. The predicted octanol–water partition coefficient (Wildman–Crippen LogP) is 4.21. The zero-order valence-electron chi connectivity index (χ0n) is 14.3. The highest BCUT2D eigenvalue weighted by Gasteiger charge is 2.49. The maximum absolute atomic E-state index is 13.6. The van der Waals surface area contributed by atoms with Crippen LogP contribution in [0.2, 0.25) is 5.02 Å². The molecule has 2 aliphatic rings. The van der Waals surface area contributed by atoms with E-state index in [-0.39, 0.29) is 5.02 Å². The maximum Gasteiger partial charge on any atom is 0.534 e. The molecule has 0 N–H and O–H groups in total. The molecule has 4 nitrogen and oxygen atoms in total. The first kappa shape index (κ1) is 19.5. The van der Waals surface area contributed by atoms with Crippen LogP contribution < -0.4 is 4.18 Å². The highest BCUT2D eigenvalue weighted by atomic mass is 35.5. The molecule has 0 radical (unpaired) electrons. The highest BCUT2D eigenvalue weighted by molar-refractivity contribution is 7.88. The Morgan fingerprint density at radius 2 is 1.89 bits per heavy atom. The summed E-state index contributed by atoms with van der Waals surface area (Å²) in [7, 11) is -5.74. The zero-order valence-corrected chi connectivity index (χ0v) is 15.8. The molecule has 2 aromatic carbocycles. The smallest absolute Gasteiger partial charge is 0.376 e. The van der Waals surface area contributed by atoms with Gasteiger partial charge in [0.05, 0.1) is 5.02 Å². The molecule has 2 unspecified atom stereocenters. The Morgan fingerprint density at radius 1 is 1.14 bits per heavy atom. The van der Waals surface area contributed by atoms with Crippen LogP contribution in [-0.4, -0.2) is 31.9 Å². The van der Waals surface area contributed by atoms with Crippen LogP contribution in [0.3, 0.4) is 0 Å². The number of nitrogens with zero attached hydrogens (tertiary/aromatic N) is 1. The number of hydrogen-bond acceptors (Lipinski definition) is 4. The van der Waals surface area contributed by atoms with E-state index in [9.17, 15) is 26.0 Å². The second-order valence-corrected chi connectivity index (χ2v) is 8.92. The fourth-order valence-electron chi connectivity index (χ4n) is 4.06.